The molecule has 2 nitrogen and oxygen atoms in total. The van der Waals surface area contributed by atoms with Crippen LogP contribution in [-0.2, 0) is 4.74 Å². The molecule has 0 aliphatic carbocycles. The molecule has 46 valence electrons. The third kappa shape index (κ3) is 0.501. The summed E-state index contributed by atoms with van der Waals surface area (Å²) in [6, 6.07) is 0. The highest BCUT2D eigenvalue weighted by molar-refractivity contribution is 5.03. The van der Waals surface area contributed by atoms with Gasteiger partial charge < -0.3 is 10.1 Å². The molecule has 0 saturated carbocycles. The number of rotatable bonds is 0. The van der Waals surface area contributed by atoms with Crippen LogP contribution in [0.5, 0.6) is 0 Å². The lowest BCUT2D eigenvalue weighted by Crippen LogP contribution is -2.33. The number of hydrogen-bond acceptors (Lipinski definition) is 2. The lowest BCUT2D eigenvalue weighted by Gasteiger charge is -2.11. The molecule has 2 heterocycles. The summed E-state index contributed by atoms with van der Waals surface area (Å²) in [6.07, 6.45) is 1.73. The number of hydrogen-bond donors (Lipinski definition) is 1. The third-order valence-corrected chi connectivity index (χ3v) is 2.16. The van der Waals surface area contributed by atoms with Gasteiger partial charge in [0.1, 0.15) is 0 Å². The molecular formula is C6H11NO. The minimum Gasteiger partial charge on any atom is -0.365 e. The number of ether oxygens (including phenoxy) is 1. The minimum atomic E-state index is 0.283. The highest BCUT2D eigenvalue weighted by atomic mass is 16.6. The molecule has 2 heteroatoms. The Morgan fingerprint density at radius 3 is 3.12 bits per heavy atom. The predicted molar refractivity (Wildman–Crippen MR) is 30.8 cm³/mol. The van der Waals surface area contributed by atoms with Crippen molar-refractivity contribution in [3.63, 3.8) is 0 Å². The zero-order valence-electron chi connectivity index (χ0n) is 5.11. The van der Waals surface area contributed by atoms with Crippen LogP contribution in [-0.4, -0.2) is 24.8 Å². The molecule has 2 fully saturated rings. The fraction of sp³-hybridized carbons (Fsp3) is 1.00. The van der Waals surface area contributed by atoms with E-state index in [2.05, 4.69) is 12.2 Å². The first-order valence-electron chi connectivity index (χ1n) is 3.20. The molecule has 2 aliphatic rings. The molecule has 1 N–H and O–H groups in total. The largest absolute Gasteiger partial charge is 0.365 e. The van der Waals surface area contributed by atoms with Gasteiger partial charge in [-0.05, 0) is 19.9 Å². The van der Waals surface area contributed by atoms with Crippen LogP contribution < -0.4 is 5.32 Å². The van der Waals surface area contributed by atoms with Crippen molar-refractivity contribution in [1.82, 2.24) is 5.32 Å². The van der Waals surface area contributed by atoms with Crippen LogP contribution in [0.3, 0.4) is 0 Å². The monoisotopic (exact) mass is 113 g/mol. The van der Waals surface area contributed by atoms with Crippen LogP contribution in [0.25, 0.3) is 0 Å². The van der Waals surface area contributed by atoms with E-state index in [0.717, 1.165) is 13.1 Å². The predicted octanol–water partition coefficient (Wildman–Crippen LogP) is 0.137. The van der Waals surface area contributed by atoms with Gasteiger partial charge in [0, 0.05) is 6.54 Å². The Kier molecular flexibility index (Phi) is 0.746. The first-order valence-corrected chi connectivity index (χ1v) is 3.20. The number of piperidine rings is 1. The first kappa shape index (κ1) is 4.77. The Morgan fingerprint density at radius 2 is 2.62 bits per heavy atom. The molecule has 2 atom stereocenters. The van der Waals surface area contributed by atoms with Crippen LogP contribution in [0.4, 0.5) is 0 Å². The van der Waals surface area contributed by atoms with Gasteiger partial charge in [-0.15, -0.1) is 0 Å². The third-order valence-electron chi connectivity index (χ3n) is 2.16. The second-order valence-electron chi connectivity index (χ2n) is 2.87. The zero-order chi connectivity index (χ0) is 5.61. The van der Waals surface area contributed by atoms with E-state index >= 15 is 0 Å². The van der Waals surface area contributed by atoms with Gasteiger partial charge in [-0.25, -0.2) is 0 Å². The highest BCUT2D eigenvalue weighted by Crippen LogP contribution is 2.40. The van der Waals surface area contributed by atoms with Crippen molar-refractivity contribution < 1.29 is 4.74 Å². The maximum absolute atomic E-state index is 5.40. The summed E-state index contributed by atoms with van der Waals surface area (Å²) in [7, 11) is 0. The fourth-order valence-corrected chi connectivity index (χ4v) is 1.34. The van der Waals surface area contributed by atoms with Gasteiger partial charge >= 0.3 is 0 Å². The Balaban J connectivity index is 2.04. The number of fused-ring (bicyclic) bond motifs is 1. The molecule has 0 aromatic heterocycles. The fourth-order valence-electron chi connectivity index (χ4n) is 1.34. The van der Waals surface area contributed by atoms with Crippen molar-refractivity contribution in [3.8, 4) is 0 Å². The van der Waals surface area contributed by atoms with Gasteiger partial charge in [-0.2, -0.15) is 0 Å². The average Bonchev–Trinajstić information content (AvgIpc) is 2.39. The quantitative estimate of drug-likeness (QED) is 0.452. The molecule has 0 spiro atoms. The van der Waals surface area contributed by atoms with E-state index in [1.54, 1.807) is 0 Å². The van der Waals surface area contributed by atoms with Crippen molar-refractivity contribution in [3.05, 3.63) is 0 Å². The summed E-state index contributed by atoms with van der Waals surface area (Å²) in [5, 5.41) is 3.28. The zero-order valence-corrected chi connectivity index (χ0v) is 5.11. The molecule has 0 aromatic rings. The Morgan fingerprint density at radius 1 is 1.75 bits per heavy atom. The summed E-state index contributed by atoms with van der Waals surface area (Å²) >= 11 is 0. The van der Waals surface area contributed by atoms with Crippen molar-refractivity contribution in [2.75, 3.05) is 13.1 Å². The maximum Gasteiger partial charge on any atom is 0.0995 e. The van der Waals surface area contributed by atoms with Crippen molar-refractivity contribution >= 4 is 0 Å². The molecule has 2 saturated heterocycles. The Bertz CT molecular complexity index is 113. The molecule has 2 rings (SSSR count). The van der Waals surface area contributed by atoms with Crippen molar-refractivity contribution in [1.29, 1.82) is 0 Å². The first-order chi connectivity index (χ1) is 3.81. The van der Waals surface area contributed by atoms with Gasteiger partial charge in [0.15, 0.2) is 0 Å². The van der Waals surface area contributed by atoms with Gasteiger partial charge in [0.2, 0.25) is 0 Å². The highest BCUT2D eigenvalue weighted by Gasteiger charge is 2.52. The molecule has 0 amide bonds. The summed E-state index contributed by atoms with van der Waals surface area (Å²) in [5.74, 6) is 0. The van der Waals surface area contributed by atoms with Gasteiger partial charge in [0.25, 0.3) is 0 Å². The Labute approximate surface area is 49.2 Å². The molecule has 0 radical (unpaired) electrons. The summed E-state index contributed by atoms with van der Waals surface area (Å²) < 4.78 is 5.40. The Hall–Kier alpha value is -0.0800. The molecule has 2 aliphatic heterocycles. The van der Waals surface area contributed by atoms with Gasteiger partial charge in [0.05, 0.1) is 11.7 Å². The van der Waals surface area contributed by atoms with Crippen LogP contribution in [0.2, 0.25) is 0 Å². The molecule has 0 bridgehead atoms. The lowest BCUT2D eigenvalue weighted by atomic mass is 10.0. The van der Waals surface area contributed by atoms with Gasteiger partial charge in [-0.1, -0.05) is 0 Å². The van der Waals surface area contributed by atoms with E-state index in [1.165, 1.54) is 6.42 Å². The molecular weight excluding hydrogens is 102 g/mol. The minimum absolute atomic E-state index is 0.283. The maximum atomic E-state index is 5.40. The van der Waals surface area contributed by atoms with Crippen LogP contribution in [0.1, 0.15) is 13.3 Å². The SMILES string of the molecule is CC12CCNCC1O2. The standard InChI is InChI=1S/C6H11NO/c1-6-2-3-7-4-5(6)8-6/h5,7H,2-4H2,1H3. The van der Waals surface area contributed by atoms with E-state index in [9.17, 15) is 0 Å². The molecule has 0 aromatic carbocycles. The van der Waals surface area contributed by atoms with Crippen LogP contribution >= 0.6 is 0 Å². The average molecular weight is 113 g/mol. The smallest absolute Gasteiger partial charge is 0.0995 e. The summed E-state index contributed by atoms with van der Waals surface area (Å²) in [4.78, 5) is 0. The van der Waals surface area contributed by atoms with Gasteiger partial charge in [-0.3, -0.25) is 0 Å². The van der Waals surface area contributed by atoms with Crippen LogP contribution in [0, 0.1) is 0 Å². The van der Waals surface area contributed by atoms with E-state index in [4.69, 9.17) is 4.74 Å². The summed E-state index contributed by atoms with van der Waals surface area (Å²) in [5.41, 5.74) is 0.283. The molecule has 2 unspecified atom stereocenters. The molecule has 8 heavy (non-hydrogen) atoms. The summed E-state index contributed by atoms with van der Waals surface area (Å²) in [6.45, 7) is 4.39. The lowest BCUT2D eigenvalue weighted by molar-refractivity contribution is 0.309. The van der Waals surface area contributed by atoms with E-state index in [0.29, 0.717) is 6.10 Å². The van der Waals surface area contributed by atoms with Crippen LogP contribution in [0.15, 0.2) is 0 Å². The topological polar surface area (TPSA) is 24.6 Å². The van der Waals surface area contributed by atoms with E-state index in [-0.39, 0.29) is 5.60 Å². The second-order valence-corrected chi connectivity index (χ2v) is 2.87. The number of nitrogens with one attached hydrogen (secondary N) is 1. The van der Waals surface area contributed by atoms with E-state index in [1.807, 2.05) is 0 Å². The number of epoxide rings is 1. The van der Waals surface area contributed by atoms with Crippen molar-refractivity contribution in [2.45, 2.75) is 25.0 Å². The van der Waals surface area contributed by atoms with E-state index < -0.39 is 0 Å². The second kappa shape index (κ2) is 1.25. The van der Waals surface area contributed by atoms with Crippen molar-refractivity contribution in [2.24, 2.45) is 0 Å². The normalized spacial score (nSPS) is 52.9.